The van der Waals surface area contributed by atoms with Crippen LogP contribution in [0.4, 0.5) is 0 Å². The topological polar surface area (TPSA) is 44.1 Å². The quantitative estimate of drug-likeness (QED) is 0.776. The maximum Gasteiger partial charge on any atom is 0.297 e. The van der Waals surface area contributed by atoms with Crippen molar-refractivity contribution >= 4 is 11.6 Å². The van der Waals surface area contributed by atoms with E-state index in [1.807, 2.05) is 0 Å². The molecule has 0 bridgehead atoms. The first-order chi connectivity index (χ1) is 8.52. The molecule has 1 aromatic rings. The van der Waals surface area contributed by atoms with E-state index in [1.165, 1.54) is 13.5 Å². The van der Waals surface area contributed by atoms with Gasteiger partial charge in [0, 0.05) is 6.04 Å². The van der Waals surface area contributed by atoms with Crippen molar-refractivity contribution in [3.8, 4) is 5.75 Å². The number of hydrogen-bond donors (Lipinski definition) is 0. The van der Waals surface area contributed by atoms with Crippen LogP contribution in [0.5, 0.6) is 5.75 Å². The second-order valence-electron chi connectivity index (χ2n) is 5.35. The van der Waals surface area contributed by atoms with Crippen molar-refractivity contribution < 1.29 is 4.74 Å². The van der Waals surface area contributed by atoms with Crippen molar-refractivity contribution in [3.05, 3.63) is 21.8 Å². The van der Waals surface area contributed by atoms with Gasteiger partial charge in [-0.15, -0.1) is 0 Å². The van der Waals surface area contributed by atoms with Gasteiger partial charge in [-0.2, -0.15) is 0 Å². The summed E-state index contributed by atoms with van der Waals surface area (Å²) in [7, 11) is 1.45. The van der Waals surface area contributed by atoms with E-state index in [0.29, 0.717) is 11.8 Å². The highest BCUT2D eigenvalue weighted by Gasteiger charge is 2.27. The Balaban J connectivity index is 2.36. The summed E-state index contributed by atoms with van der Waals surface area (Å²) in [5, 5.41) is 0.135. The van der Waals surface area contributed by atoms with Crippen LogP contribution in [0.3, 0.4) is 0 Å². The summed E-state index contributed by atoms with van der Waals surface area (Å²) in [6.07, 6.45) is 4.79. The van der Waals surface area contributed by atoms with Crippen LogP contribution < -0.4 is 10.3 Å². The van der Waals surface area contributed by atoms with Crippen LogP contribution in [0.25, 0.3) is 0 Å². The van der Waals surface area contributed by atoms with E-state index in [4.69, 9.17) is 16.3 Å². The van der Waals surface area contributed by atoms with Crippen LogP contribution >= 0.6 is 11.6 Å². The van der Waals surface area contributed by atoms with Gasteiger partial charge in [0.1, 0.15) is 0 Å². The molecule has 0 aromatic carbocycles. The zero-order chi connectivity index (χ0) is 13.3. The number of nitrogens with zero attached hydrogens (tertiary/aromatic N) is 2. The Labute approximate surface area is 112 Å². The molecule has 0 N–H and O–H groups in total. The van der Waals surface area contributed by atoms with Gasteiger partial charge in [-0.3, -0.25) is 9.36 Å². The third kappa shape index (κ3) is 2.53. The summed E-state index contributed by atoms with van der Waals surface area (Å²) in [5.41, 5.74) is -0.177. The Bertz CT molecular complexity index is 476. The van der Waals surface area contributed by atoms with Gasteiger partial charge in [0.05, 0.1) is 13.4 Å². The third-order valence-electron chi connectivity index (χ3n) is 3.66. The Kier molecular flexibility index (Phi) is 3.95. The number of halogens is 1. The summed E-state index contributed by atoms with van der Waals surface area (Å²) < 4.78 is 6.71. The highest BCUT2D eigenvalue weighted by Crippen LogP contribution is 2.35. The molecular weight excluding hydrogens is 252 g/mol. The lowest BCUT2D eigenvalue weighted by Gasteiger charge is -2.32. The van der Waals surface area contributed by atoms with Gasteiger partial charge in [0.15, 0.2) is 5.15 Å². The standard InChI is InChI=1S/C13H19ClN2O2/c1-8-4-9(2)6-10(5-8)16-7-15-12(14)11(18-3)13(16)17/h7-10H,4-6H2,1-3H3. The van der Waals surface area contributed by atoms with Crippen LogP contribution in [0.1, 0.15) is 39.2 Å². The molecule has 1 heterocycles. The molecule has 0 aliphatic heterocycles. The van der Waals surface area contributed by atoms with Gasteiger partial charge in [0.2, 0.25) is 5.75 Å². The first kappa shape index (κ1) is 13.4. The second kappa shape index (κ2) is 5.31. The minimum atomic E-state index is -0.177. The van der Waals surface area contributed by atoms with E-state index in [1.54, 1.807) is 10.9 Å². The first-order valence-corrected chi connectivity index (χ1v) is 6.71. The summed E-state index contributed by atoms with van der Waals surface area (Å²) in [6, 6.07) is 0.204. The molecule has 0 amide bonds. The molecule has 2 unspecified atom stereocenters. The number of methoxy groups -OCH3 is 1. The molecule has 1 aliphatic rings. The Hall–Kier alpha value is -1.03. The number of rotatable bonds is 2. The molecule has 0 saturated heterocycles. The van der Waals surface area contributed by atoms with E-state index >= 15 is 0 Å². The van der Waals surface area contributed by atoms with Crippen molar-refractivity contribution in [2.45, 2.75) is 39.2 Å². The molecule has 5 heteroatoms. The number of hydrogen-bond acceptors (Lipinski definition) is 3. The smallest absolute Gasteiger partial charge is 0.297 e. The zero-order valence-corrected chi connectivity index (χ0v) is 11.8. The maximum absolute atomic E-state index is 12.2. The molecule has 4 nitrogen and oxygen atoms in total. The molecule has 1 aromatic heterocycles. The molecular formula is C13H19ClN2O2. The van der Waals surface area contributed by atoms with Crippen molar-refractivity contribution in [1.82, 2.24) is 9.55 Å². The van der Waals surface area contributed by atoms with Crippen LogP contribution in [-0.2, 0) is 0 Å². The molecule has 2 atom stereocenters. The SMILES string of the molecule is COc1c(Cl)ncn(C2CC(C)CC(C)C2)c1=O. The lowest BCUT2D eigenvalue weighted by molar-refractivity contribution is 0.215. The first-order valence-electron chi connectivity index (χ1n) is 6.33. The monoisotopic (exact) mass is 270 g/mol. The van der Waals surface area contributed by atoms with E-state index < -0.39 is 0 Å². The average Bonchev–Trinajstić information content (AvgIpc) is 2.28. The van der Waals surface area contributed by atoms with Crippen molar-refractivity contribution in [1.29, 1.82) is 0 Å². The normalized spacial score (nSPS) is 28.1. The number of aromatic nitrogens is 2. The summed E-state index contributed by atoms with van der Waals surface area (Å²) in [6.45, 7) is 4.46. The molecule has 18 heavy (non-hydrogen) atoms. The van der Waals surface area contributed by atoms with Crippen LogP contribution in [-0.4, -0.2) is 16.7 Å². The molecule has 0 radical (unpaired) electrons. The minimum Gasteiger partial charge on any atom is -0.489 e. The fraction of sp³-hybridized carbons (Fsp3) is 0.692. The van der Waals surface area contributed by atoms with Gasteiger partial charge in [-0.25, -0.2) is 4.98 Å². The molecule has 1 aliphatic carbocycles. The lowest BCUT2D eigenvalue weighted by Crippen LogP contribution is -2.31. The fourth-order valence-corrected chi connectivity index (χ4v) is 3.19. The van der Waals surface area contributed by atoms with Crippen molar-refractivity contribution in [3.63, 3.8) is 0 Å². The van der Waals surface area contributed by atoms with Gasteiger partial charge in [-0.05, 0) is 31.1 Å². The molecule has 1 fully saturated rings. The van der Waals surface area contributed by atoms with Crippen molar-refractivity contribution in [2.24, 2.45) is 11.8 Å². The highest BCUT2D eigenvalue weighted by atomic mass is 35.5. The molecule has 100 valence electrons. The molecule has 2 rings (SSSR count). The Morgan fingerprint density at radius 1 is 1.33 bits per heavy atom. The van der Waals surface area contributed by atoms with Gasteiger partial charge in [0.25, 0.3) is 5.56 Å². The van der Waals surface area contributed by atoms with Crippen LogP contribution in [0.2, 0.25) is 5.15 Å². The second-order valence-corrected chi connectivity index (χ2v) is 5.71. The Morgan fingerprint density at radius 3 is 2.50 bits per heavy atom. The van der Waals surface area contributed by atoms with Gasteiger partial charge < -0.3 is 4.74 Å². The average molecular weight is 271 g/mol. The van der Waals surface area contributed by atoms with E-state index in [2.05, 4.69) is 18.8 Å². The summed E-state index contributed by atoms with van der Waals surface area (Å²) in [4.78, 5) is 16.3. The lowest BCUT2D eigenvalue weighted by atomic mass is 9.80. The minimum absolute atomic E-state index is 0.135. The summed E-state index contributed by atoms with van der Waals surface area (Å²) in [5.74, 6) is 1.41. The number of ether oxygens (including phenoxy) is 1. The van der Waals surface area contributed by atoms with E-state index in [-0.39, 0.29) is 22.5 Å². The van der Waals surface area contributed by atoms with Crippen LogP contribution in [0, 0.1) is 11.8 Å². The van der Waals surface area contributed by atoms with E-state index in [9.17, 15) is 4.79 Å². The van der Waals surface area contributed by atoms with Gasteiger partial charge >= 0.3 is 0 Å². The Morgan fingerprint density at radius 2 is 1.94 bits per heavy atom. The van der Waals surface area contributed by atoms with Crippen molar-refractivity contribution in [2.75, 3.05) is 7.11 Å². The van der Waals surface area contributed by atoms with Crippen LogP contribution in [0.15, 0.2) is 11.1 Å². The zero-order valence-electron chi connectivity index (χ0n) is 11.0. The third-order valence-corrected chi connectivity index (χ3v) is 3.93. The summed E-state index contributed by atoms with van der Waals surface area (Å²) >= 11 is 5.85. The largest absolute Gasteiger partial charge is 0.489 e. The predicted octanol–water partition coefficient (Wildman–Crippen LogP) is 2.90. The fourth-order valence-electron chi connectivity index (χ4n) is 2.99. The predicted molar refractivity (Wildman–Crippen MR) is 71.3 cm³/mol. The maximum atomic E-state index is 12.2. The highest BCUT2D eigenvalue weighted by molar-refractivity contribution is 6.30. The molecule has 1 saturated carbocycles. The molecule has 0 spiro atoms. The van der Waals surface area contributed by atoms with E-state index in [0.717, 1.165) is 12.8 Å². The van der Waals surface area contributed by atoms with Gasteiger partial charge in [-0.1, -0.05) is 25.4 Å².